The molecule has 0 aliphatic carbocycles. The van der Waals surface area contributed by atoms with Crippen molar-refractivity contribution in [3.05, 3.63) is 235 Å². The Bertz CT molecular complexity index is 2710. The van der Waals surface area contributed by atoms with E-state index in [-0.39, 0.29) is 14.0 Å². The van der Waals surface area contributed by atoms with Crippen LogP contribution in [0.1, 0.15) is 55.5 Å². The van der Waals surface area contributed by atoms with Crippen LogP contribution in [0, 0.1) is 13.5 Å². The lowest BCUT2D eigenvalue weighted by Gasteiger charge is -2.08. The topological polar surface area (TPSA) is 111 Å². The number of rotatable bonds is 12. The zero-order valence-corrected chi connectivity index (χ0v) is 42.7. The number of halogens is 5. The van der Waals surface area contributed by atoms with Gasteiger partial charge in [0.05, 0.1) is 20.0 Å². The van der Waals surface area contributed by atoms with Crippen LogP contribution >= 0.6 is 73.3 Å². The van der Waals surface area contributed by atoms with Crippen LogP contribution < -0.4 is 9.47 Å². The fraction of sp³-hybridized carbons (Fsp3) is 0.135. The second kappa shape index (κ2) is 30.2. The van der Waals surface area contributed by atoms with Crippen LogP contribution in [0.4, 0.5) is 0 Å². The van der Waals surface area contributed by atoms with E-state index in [4.69, 9.17) is 56.0 Å². The average Bonchev–Trinajstić information content (AvgIpc) is 3.33. The minimum Gasteiger partial charge on any atom is -0.506 e. The van der Waals surface area contributed by atoms with Crippen molar-refractivity contribution in [2.75, 3.05) is 0 Å². The highest BCUT2D eigenvalue weighted by atomic mass is 127. The number of nitrogens with zero attached hydrogens (tertiary/aromatic N) is 1. The van der Waals surface area contributed by atoms with Crippen LogP contribution in [0.25, 0.3) is 4.85 Å². The molecule has 1 atom stereocenters. The first-order valence-electron chi connectivity index (χ1n) is 19.9. The quantitative estimate of drug-likeness (QED) is 0.0561. The maximum atomic E-state index is 11.6. The average molecular weight is 1140 g/mol. The van der Waals surface area contributed by atoms with E-state index in [2.05, 4.69) is 32.9 Å². The van der Waals surface area contributed by atoms with E-state index in [1.165, 1.54) is 23.8 Å². The van der Waals surface area contributed by atoms with E-state index in [0.29, 0.717) is 63.6 Å². The van der Waals surface area contributed by atoms with Crippen LogP contribution in [0.5, 0.6) is 17.2 Å². The molecule has 0 fully saturated rings. The highest BCUT2D eigenvalue weighted by Gasteiger charge is 2.19. The molecule has 342 valence electrons. The van der Waals surface area contributed by atoms with Crippen LogP contribution in [-0.2, 0) is 34.9 Å². The second-order valence-corrected chi connectivity index (χ2v) is 20.6. The van der Waals surface area contributed by atoms with Crippen LogP contribution in [0.15, 0.2) is 175 Å². The molecule has 8 nitrogen and oxygen atoms in total. The van der Waals surface area contributed by atoms with Gasteiger partial charge >= 0.3 is 0 Å². The molecule has 7 aromatic carbocycles. The molecule has 0 bridgehead atoms. The van der Waals surface area contributed by atoms with Gasteiger partial charge in [-0.1, -0.05) is 182 Å². The van der Waals surface area contributed by atoms with Crippen molar-refractivity contribution in [1.29, 1.82) is 0 Å². The van der Waals surface area contributed by atoms with E-state index in [1.807, 2.05) is 133 Å². The third kappa shape index (κ3) is 20.1. The Morgan fingerprint density at radius 2 is 1.08 bits per heavy atom. The van der Waals surface area contributed by atoms with Crippen molar-refractivity contribution in [2.45, 2.75) is 47.1 Å². The molecule has 0 heterocycles. The number of carbonyl (C=O) groups excluding carboxylic acids is 2. The first-order valence-corrected chi connectivity index (χ1v) is 24.9. The highest BCUT2D eigenvalue weighted by Crippen LogP contribution is 2.28. The van der Waals surface area contributed by atoms with Gasteiger partial charge in [0.15, 0.2) is 9.84 Å². The zero-order valence-electron chi connectivity index (χ0n) is 35.9. The Morgan fingerprint density at radius 1 is 0.636 bits per heavy atom. The molecule has 0 spiro atoms. The van der Waals surface area contributed by atoms with Crippen molar-refractivity contribution in [1.82, 2.24) is 0 Å². The molecule has 0 amide bonds. The smallest absolute Gasteiger partial charge is 0.239 e. The van der Waals surface area contributed by atoms with Crippen LogP contribution in [0.2, 0.25) is 15.1 Å². The Hall–Kier alpha value is -5.20. The predicted octanol–water partition coefficient (Wildman–Crippen LogP) is 15.1. The molecule has 7 aromatic rings. The Balaban J connectivity index is 0.000000225. The van der Waals surface area contributed by atoms with Gasteiger partial charge in [-0.15, -0.1) is 0 Å². The molecule has 0 saturated heterocycles. The van der Waals surface area contributed by atoms with Crippen molar-refractivity contribution < 1.29 is 32.6 Å². The summed E-state index contributed by atoms with van der Waals surface area (Å²) >= 11 is 22.8. The number of hydrogen-bond donors (Lipinski definition) is 1. The van der Waals surface area contributed by atoms with Gasteiger partial charge in [0.1, 0.15) is 46.3 Å². The van der Waals surface area contributed by atoms with Crippen molar-refractivity contribution in [3.63, 3.8) is 0 Å². The summed E-state index contributed by atoms with van der Waals surface area (Å²) in [4.78, 5) is 24.4. The van der Waals surface area contributed by atoms with Gasteiger partial charge < -0.3 is 19.4 Å². The number of phenolic OH excluding ortho intramolecular Hbond substituents is 1. The largest absolute Gasteiger partial charge is 0.506 e. The molecule has 1 N–H and O–H groups in total. The minimum atomic E-state index is -3.11. The summed E-state index contributed by atoms with van der Waals surface area (Å²) in [5.41, 5.74) is 6.47. The summed E-state index contributed by atoms with van der Waals surface area (Å²) < 4.78 is 34.1. The summed E-state index contributed by atoms with van der Waals surface area (Å²) in [6.45, 7) is 11.7. The van der Waals surface area contributed by atoms with E-state index < -0.39 is 9.84 Å². The number of carbonyl (C=O) groups is 2. The molecular formula is C52H46BrCl3INO7S. The molecule has 66 heavy (non-hydrogen) atoms. The molecule has 0 saturated carbocycles. The van der Waals surface area contributed by atoms with Gasteiger partial charge in [-0.25, -0.2) is 15.0 Å². The number of hydrogen-bond acceptors (Lipinski definition) is 7. The van der Waals surface area contributed by atoms with Gasteiger partial charge in [-0.05, 0) is 97.3 Å². The number of benzene rings is 7. The number of alkyl halides is 2. The number of aromatic hydroxyl groups is 1. The van der Waals surface area contributed by atoms with Crippen LogP contribution in [-0.4, -0.2) is 29.4 Å². The summed E-state index contributed by atoms with van der Waals surface area (Å²) in [6, 6.07) is 51.7. The molecule has 0 aliphatic heterocycles. The predicted molar refractivity (Wildman–Crippen MR) is 280 cm³/mol. The molecule has 0 aliphatic rings. The van der Waals surface area contributed by atoms with Gasteiger partial charge in [-0.3, -0.25) is 9.59 Å². The summed E-state index contributed by atoms with van der Waals surface area (Å²) in [7, 11) is -3.11. The summed E-state index contributed by atoms with van der Waals surface area (Å²) in [6.07, 6.45) is 1.43. The van der Waals surface area contributed by atoms with Crippen LogP contribution in [0.3, 0.4) is 0 Å². The fourth-order valence-electron chi connectivity index (χ4n) is 5.11. The Morgan fingerprint density at radius 3 is 1.47 bits per heavy atom. The molecular weight excluding hydrogens is 1100 g/mol. The van der Waals surface area contributed by atoms with Gasteiger partial charge in [0.2, 0.25) is 6.54 Å². The zero-order chi connectivity index (χ0) is 48.3. The summed E-state index contributed by atoms with van der Waals surface area (Å²) in [5, 5.41) is 11.0. The normalized spacial score (nSPS) is 10.5. The number of ether oxygens (including phenoxy) is 2. The van der Waals surface area contributed by atoms with Gasteiger partial charge in [0.25, 0.3) is 0 Å². The third-order valence-electron chi connectivity index (χ3n) is 8.71. The number of sulfone groups is 1. The molecule has 7 rings (SSSR count). The van der Waals surface area contributed by atoms with Gasteiger partial charge in [-0.2, -0.15) is 0 Å². The van der Waals surface area contributed by atoms with E-state index in [1.54, 1.807) is 43.3 Å². The SMILES string of the molecule is BrCc1ccccc1.Cc1ccc(S(=O)(=O)C(C)I)cc1.O=Cc1ccc(O)c(Cl)c1.O=Cc1ccc(OCc2ccccc2)c(Cl)c1.[C-]#[N+]Cc1ccc(OCc2ccccc2)c(Cl)c1. The molecule has 1 unspecified atom stereocenters. The first kappa shape index (κ1) is 55.1. The van der Waals surface area contributed by atoms with Crippen molar-refractivity contribution in [2.24, 2.45) is 0 Å². The lowest BCUT2D eigenvalue weighted by molar-refractivity contribution is 0.111. The molecule has 14 heteroatoms. The van der Waals surface area contributed by atoms with Crippen molar-refractivity contribution in [3.8, 4) is 17.2 Å². The van der Waals surface area contributed by atoms with E-state index in [0.717, 1.165) is 33.9 Å². The van der Waals surface area contributed by atoms with E-state index in [9.17, 15) is 18.0 Å². The van der Waals surface area contributed by atoms with Gasteiger partial charge in [0, 0.05) is 22.0 Å². The fourth-order valence-corrected chi connectivity index (χ4v) is 7.94. The first-order chi connectivity index (χ1) is 31.7. The Labute approximate surface area is 424 Å². The van der Waals surface area contributed by atoms with E-state index >= 15 is 0 Å². The third-order valence-corrected chi connectivity index (χ3v) is 14.0. The van der Waals surface area contributed by atoms with Crippen molar-refractivity contribution >= 4 is 95.7 Å². The molecule has 0 aromatic heterocycles. The lowest BCUT2D eigenvalue weighted by Crippen LogP contribution is -2.10. The number of phenols is 1. The lowest BCUT2D eigenvalue weighted by atomic mass is 10.2. The highest BCUT2D eigenvalue weighted by molar-refractivity contribution is 14.1. The number of aryl methyl sites for hydroxylation is 1. The standard InChI is InChI=1S/C15H12ClNO.C14H11ClO2.C9H11IO2S.C7H7Br.C7H5ClO2/c1-17-10-13-7-8-15(14(16)9-13)18-11-12-5-3-2-4-6-12;15-13-8-12(9-16)6-7-14(13)17-10-11-4-2-1-3-5-11;1-7-3-5-9(6-4-7)13(11,12)8(2)10;8-6-7-4-2-1-3-5-7;8-6-3-5(4-9)1-2-7(6)10/h2-9H,10-11H2;1-9H,10H2;3-6,8H,1-2H3;1-5H,6H2;1-4,10H. The monoisotopic (exact) mass is 1140 g/mol. The maximum absolute atomic E-state index is 11.6. The minimum absolute atomic E-state index is 0.00716. The number of aldehydes is 2. The Kier molecular flexibility index (Phi) is 25.2. The second-order valence-electron chi connectivity index (χ2n) is 13.8. The summed E-state index contributed by atoms with van der Waals surface area (Å²) in [5.74, 6) is 1.22. The molecule has 0 radical (unpaired) electrons. The maximum Gasteiger partial charge on any atom is 0.239 e.